The van der Waals surface area contributed by atoms with Gasteiger partial charge >= 0.3 is 12.1 Å². The van der Waals surface area contributed by atoms with E-state index >= 15 is 0 Å². The van der Waals surface area contributed by atoms with Gasteiger partial charge in [0.1, 0.15) is 12.5 Å². The van der Waals surface area contributed by atoms with Gasteiger partial charge in [0.05, 0.1) is 0 Å². The Bertz CT molecular complexity index is 514. The first kappa shape index (κ1) is 14.0. The van der Waals surface area contributed by atoms with Crippen LogP contribution >= 0.6 is 0 Å². The zero-order valence-electron chi connectivity index (χ0n) is 10.8. The van der Waals surface area contributed by atoms with E-state index in [1.54, 1.807) is 0 Å². The maximum Gasteiger partial charge on any atom is 0.410 e. The van der Waals surface area contributed by atoms with Gasteiger partial charge in [-0.05, 0) is 5.56 Å². The van der Waals surface area contributed by atoms with Gasteiger partial charge in [0.15, 0.2) is 5.78 Å². The zero-order valence-corrected chi connectivity index (χ0v) is 10.8. The van der Waals surface area contributed by atoms with E-state index in [2.05, 4.69) is 0 Å². The predicted octanol–water partition coefficient (Wildman–Crippen LogP) is 1.30. The number of carbonyl (C=O) groups excluding carboxylic acids is 2. The fraction of sp³-hybridized carbons (Fsp3) is 0.357. The third kappa shape index (κ3) is 3.34. The highest BCUT2D eigenvalue weighted by Crippen LogP contribution is 2.15. The molecule has 1 unspecified atom stereocenters. The zero-order chi connectivity index (χ0) is 14.5. The molecule has 106 valence electrons. The number of benzene rings is 1. The Morgan fingerprint density at radius 2 is 2.00 bits per heavy atom. The molecule has 1 amide bonds. The van der Waals surface area contributed by atoms with E-state index in [0.29, 0.717) is 0 Å². The summed E-state index contributed by atoms with van der Waals surface area (Å²) in [6, 6.07) is 9.19. The minimum absolute atomic E-state index is 0.0530. The number of piperidine rings is 1. The van der Waals surface area contributed by atoms with Crippen LogP contribution in [0.2, 0.25) is 0 Å². The second kappa shape index (κ2) is 6.18. The van der Waals surface area contributed by atoms with Crippen molar-refractivity contribution in [3.8, 4) is 0 Å². The normalized spacial score (nSPS) is 18.7. The number of nitrogens with zero attached hydrogens (tertiary/aromatic N) is 1. The van der Waals surface area contributed by atoms with Gasteiger partial charge in [0.25, 0.3) is 0 Å². The molecule has 0 aromatic heterocycles. The molecule has 1 aromatic carbocycles. The summed E-state index contributed by atoms with van der Waals surface area (Å²) in [6.07, 6.45) is -0.537. The Morgan fingerprint density at radius 3 is 2.65 bits per heavy atom. The van der Waals surface area contributed by atoms with Crippen LogP contribution < -0.4 is 0 Å². The second-order valence-electron chi connectivity index (χ2n) is 4.59. The topological polar surface area (TPSA) is 83.9 Å². The van der Waals surface area contributed by atoms with E-state index in [1.165, 1.54) is 4.90 Å². The number of carboxylic acids is 1. The van der Waals surface area contributed by atoms with Gasteiger partial charge < -0.3 is 14.7 Å². The lowest BCUT2D eigenvalue weighted by Crippen LogP contribution is -2.47. The molecule has 1 fully saturated rings. The van der Waals surface area contributed by atoms with Gasteiger partial charge in [-0.3, -0.25) is 9.59 Å². The molecule has 6 heteroatoms. The Labute approximate surface area is 115 Å². The van der Waals surface area contributed by atoms with Gasteiger partial charge in [0, 0.05) is 19.5 Å². The van der Waals surface area contributed by atoms with Crippen LogP contribution in [-0.2, 0) is 20.9 Å². The lowest BCUT2D eigenvalue weighted by Gasteiger charge is -2.28. The Hall–Kier alpha value is -2.37. The number of rotatable bonds is 3. The Kier molecular flexibility index (Phi) is 4.34. The number of carboxylic acid groups (broad SMARTS) is 1. The van der Waals surface area contributed by atoms with Crippen molar-refractivity contribution >= 4 is 17.8 Å². The van der Waals surface area contributed by atoms with Gasteiger partial charge in [-0.25, -0.2) is 4.79 Å². The lowest BCUT2D eigenvalue weighted by molar-refractivity contribution is -0.148. The van der Waals surface area contributed by atoms with Crippen LogP contribution in [-0.4, -0.2) is 40.9 Å². The predicted molar refractivity (Wildman–Crippen MR) is 68.9 cm³/mol. The highest BCUT2D eigenvalue weighted by atomic mass is 16.6. The standard InChI is InChI=1S/C14H15NO5/c16-12-6-7-15(8-11(12)13(17)18)14(19)20-9-10-4-2-1-3-5-10/h1-5,11H,6-9H2,(H,17,18). The first-order valence-electron chi connectivity index (χ1n) is 6.29. The summed E-state index contributed by atoms with van der Waals surface area (Å²) >= 11 is 0. The molecule has 1 aromatic rings. The fourth-order valence-electron chi connectivity index (χ4n) is 2.03. The minimum Gasteiger partial charge on any atom is -0.481 e. The molecule has 1 N–H and O–H groups in total. The maximum atomic E-state index is 11.8. The molecule has 1 atom stereocenters. The van der Waals surface area contributed by atoms with Crippen LogP contribution in [0.3, 0.4) is 0 Å². The average Bonchev–Trinajstić information content (AvgIpc) is 2.46. The van der Waals surface area contributed by atoms with Crippen molar-refractivity contribution in [3.63, 3.8) is 0 Å². The smallest absolute Gasteiger partial charge is 0.410 e. The Morgan fingerprint density at radius 1 is 1.30 bits per heavy atom. The molecule has 0 aliphatic carbocycles. The number of Topliss-reactive ketones (excluding diaryl/α,β-unsaturated/α-hetero) is 1. The van der Waals surface area contributed by atoms with Gasteiger partial charge in [-0.2, -0.15) is 0 Å². The van der Waals surface area contributed by atoms with Crippen molar-refractivity contribution < 1.29 is 24.2 Å². The summed E-state index contributed by atoms with van der Waals surface area (Å²) in [4.78, 5) is 35.4. The molecule has 6 nitrogen and oxygen atoms in total. The van der Waals surface area contributed by atoms with Gasteiger partial charge in [-0.1, -0.05) is 30.3 Å². The van der Waals surface area contributed by atoms with Crippen LogP contribution in [0.4, 0.5) is 4.79 Å². The number of ether oxygens (including phenoxy) is 1. The molecule has 0 saturated carbocycles. The fourth-order valence-corrected chi connectivity index (χ4v) is 2.03. The van der Waals surface area contributed by atoms with Crippen LogP contribution in [0.25, 0.3) is 0 Å². The molecule has 1 aliphatic rings. The lowest BCUT2D eigenvalue weighted by atomic mass is 9.97. The van der Waals surface area contributed by atoms with E-state index in [1.807, 2.05) is 30.3 Å². The third-order valence-electron chi connectivity index (χ3n) is 3.18. The molecule has 0 bridgehead atoms. The van der Waals surface area contributed by atoms with E-state index < -0.39 is 18.0 Å². The summed E-state index contributed by atoms with van der Waals surface area (Å²) in [5.41, 5.74) is 0.851. The molecule has 2 rings (SSSR count). The average molecular weight is 277 g/mol. The molecule has 1 heterocycles. The van der Waals surface area contributed by atoms with Gasteiger partial charge in [0.2, 0.25) is 0 Å². The minimum atomic E-state index is -1.20. The van der Waals surface area contributed by atoms with Crippen molar-refractivity contribution in [2.24, 2.45) is 5.92 Å². The van der Waals surface area contributed by atoms with Crippen molar-refractivity contribution in [2.75, 3.05) is 13.1 Å². The second-order valence-corrected chi connectivity index (χ2v) is 4.59. The van der Waals surface area contributed by atoms with E-state index in [4.69, 9.17) is 9.84 Å². The monoisotopic (exact) mass is 277 g/mol. The summed E-state index contributed by atoms with van der Waals surface area (Å²) < 4.78 is 5.11. The molecule has 0 spiro atoms. The number of amides is 1. The van der Waals surface area contributed by atoms with Crippen LogP contribution in [0.5, 0.6) is 0 Å². The van der Waals surface area contributed by atoms with Crippen molar-refractivity contribution in [1.82, 2.24) is 4.90 Å². The Balaban J connectivity index is 1.89. The first-order chi connectivity index (χ1) is 9.58. The largest absolute Gasteiger partial charge is 0.481 e. The molecular weight excluding hydrogens is 262 g/mol. The number of carbonyl (C=O) groups is 3. The SMILES string of the molecule is O=C(O)C1CN(C(=O)OCc2ccccc2)CCC1=O. The highest BCUT2D eigenvalue weighted by Gasteiger charge is 2.35. The van der Waals surface area contributed by atoms with Crippen molar-refractivity contribution in [3.05, 3.63) is 35.9 Å². The number of ketones is 1. The van der Waals surface area contributed by atoms with Crippen LogP contribution in [0.15, 0.2) is 30.3 Å². The van der Waals surface area contributed by atoms with Crippen molar-refractivity contribution in [1.29, 1.82) is 0 Å². The quantitative estimate of drug-likeness (QED) is 0.842. The summed E-state index contributed by atoms with van der Waals surface area (Å²) in [7, 11) is 0. The molecular formula is C14H15NO5. The number of likely N-dealkylation sites (tertiary alicyclic amines) is 1. The number of aliphatic carboxylic acids is 1. The number of hydrogen-bond donors (Lipinski definition) is 1. The number of hydrogen-bond acceptors (Lipinski definition) is 4. The third-order valence-corrected chi connectivity index (χ3v) is 3.18. The van der Waals surface area contributed by atoms with E-state index in [9.17, 15) is 14.4 Å². The van der Waals surface area contributed by atoms with Gasteiger partial charge in [-0.15, -0.1) is 0 Å². The van der Waals surface area contributed by atoms with Crippen LogP contribution in [0, 0.1) is 5.92 Å². The van der Waals surface area contributed by atoms with E-state index in [0.717, 1.165) is 5.56 Å². The summed E-state index contributed by atoms with van der Waals surface area (Å²) in [5.74, 6) is -2.69. The molecule has 1 saturated heterocycles. The highest BCUT2D eigenvalue weighted by molar-refractivity contribution is 5.99. The maximum absolute atomic E-state index is 11.8. The summed E-state index contributed by atoms with van der Waals surface area (Å²) in [5, 5.41) is 8.92. The molecule has 20 heavy (non-hydrogen) atoms. The van der Waals surface area contributed by atoms with Crippen LogP contribution in [0.1, 0.15) is 12.0 Å². The first-order valence-corrected chi connectivity index (χ1v) is 6.29. The molecule has 0 radical (unpaired) electrons. The molecule has 1 aliphatic heterocycles. The summed E-state index contributed by atoms with van der Waals surface area (Å²) in [6.45, 7) is 0.208. The van der Waals surface area contributed by atoms with Crippen molar-refractivity contribution in [2.45, 2.75) is 13.0 Å². The van der Waals surface area contributed by atoms with E-state index in [-0.39, 0.29) is 31.9 Å².